The van der Waals surface area contributed by atoms with Gasteiger partial charge in [0.2, 0.25) is 0 Å². The van der Waals surface area contributed by atoms with Crippen LogP contribution in [0.5, 0.6) is 5.75 Å². The molecule has 5 heteroatoms. The number of para-hydroxylation sites is 1. The number of hydrogen-bond donors (Lipinski definition) is 0. The van der Waals surface area contributed by atoms with Crippen LogP contribution < -0.4 is 4.18 Å². The van der Waals surface area contributed by atoms with Crippen molar-refractivity contribution in [1.82, 2.24) is 0 Å². The molecule has 0 bridgehead atoms. The lowest BCUT2D eigenvalue weighted by atomic mass is 9.92. The van der Waals surface area contributed by atoms with Gasteiger partial charge in [0.1, 0.15) is 4.90 Å². The lowest BCUT2D eigenvalue weighted by Crippen LogP contribution is -2.12. The Bertz CT molecular complexity index is 769. The molecule has 21 heavy (non-hydrogen) atoms. The number of halogens is 1. The van der Waals surface area contributed by atoms with E-state index in [0.29, 0.717) is 0 Å². The molecule has 2 aromatic rings. The molecular weight excluding hydrogens is 291 g/mol. The van der Waals surface area contributed by atoms with Gasteiger partial charge >= 0.3 is 10.1 Å². The molecule has 1 aliphatic rings. The quantitative estimate of drug-likeness (QED) is 0.816. The number of fused-ring (bicyclic) bond motifs is 1. The Balaban J connectivity index is 1.93. The van der Waals surface area contributed by atoms with E-state index in [2.05, 4.69) is 0 Å². The SMILES string of the molecule is O=S(=O)(Oc1ccccc1F)c1ccc2c(c1)CCCC2. The zero-order valence-electron chi connectivity index (χ0n) is 11.4. The Morgan fingerprint density at radius 1 is 0.952 bits per heavy atom. The molecular formula is C16H15FO3S. The maximum absolute atomic E-state index is 13.5. The van der Waals surface area contributed by atoms with Crippen LogP contribution in [0.3, 0.4) is 0 Å². The van der Waals surface area contributed by atoms with E-state index >= 15 is 0 Å². The Morgan fingerprint density at radius 2 is 1.67 bits per heavy atom. The largest absolute Gasteiger partial charge is 0.376 e. The van der Waals surface area contributed by atoms with Crippen LogP contribution in [-0.2, 0) is 23.0 Å². The fourth-order valence-electron chi connectivity index (χ4n) is 2.54. The Morgan fingerprint density at radius 3 is 2.43 bits per heavy atom. The molecule has 0 aromatic heterocycles. The van der Waals surface area contributed by atoms with Crippen molar-refractivity contribution in [2.24, 2.45) is 0 Å². The van der Waals surface area contributed by atoms with E-state index in [1.807, 2.05) is 6.07 Å². The minimum absolute atomic E-state index is 0.0754. The number of hydrogen-bond acceptors (Lipinski definition) is 3. The van der Waals surface area contributed by atoms with Gasteiger partial charge in [-0.05, 0) is 61.1 Å². The maximum atomic E-state index is 13.5. The van der Waals surface area contributed by atoms with Gasteiger partial charge in [-0.2, -0.15) is 8.42 Å². The molecule has 3 rings (SSSR count). The zero-order chi connectivity index (χ0) is 14.9. The van der Waals surface area contributed by atoms with Crippen molar-refractivity contribution in [2.45, 2.75) is 30.6 Å². The summed E-state index contributed by atoms with van der Waals surface area (Å²) in [5.41, 5.74) is 2.23. The molecule has 0 saturated carbocycles. The third-order valence-electron chi connectivity index (χ3n) is 3.64. The van der Waals surface area contributed by atoms with Crippen molar-refractivity contribution in [3.8, 4) is 5.75 Å². The highest BCUT2D eigenvalue weighted by Crippen LogP contribution is 2.26. The molecule has 0 fully saturated rings. The molecule has 0 atom stereocenters. The lowest BCUT2D eigenvalue weighted by molar-refractivity contribution is 0.461. The molecule has 2 aromatic carbocycles. The van der Waals surface area contributed by atoms with E-state index < -0.39 is 15.9 Å². The summed E-state index contributed by atoms with van der Waals surface area (Å²) in [6.45, 7) is 0. The van der Waals surface area contributed by atoms with E-state index in [4.69, 9.17) is 4.18 Å². The standard InChI is InChI=1S/C16H15FO3S/c17-15-7-3-4-8-16(15)20-21(18,19)14-10-9-12-5-1-2-6-13(12)11-14/h3-4,7-11H,1-2,5-6H2. The first-order chi connectivity index (χ1) is 10.1. The van der Waals surface area contributed by atoms with Crippen molar-refractivity contribution in [2.75, 3.05) is 0 Å². The van der Waals surface area contributed by atoms with Gasteiger partial charge in [0.05, 0.1) is 0 Å². The average Bonchev–Trinajstić information content (AvgIpc) is 2.49. The van der Waals surface area contributed by atoms with E-state index in [0.717, 1.165) is 37.3 Å². The first-order valence-electron chi connectivity index (χ1n) is 6.87. The molecule has 0 heterocycles. The highest BCUT2D eigenvalue weighted by Gasteiger charge is 2.21. The summed E-state index contributed by atoms with van der Waals surface area (Å²) in [6.07, 6.45) is 4.04. The molecule has 3 nitrogen and oxygen atoms in total. The fraction of sp³-hybridized carbons (Fsp3) is 0.250. The van der Waals surface area contributed by atoms with Crippen LogP contribution in [0.15, 0.2) is 47.4 Å². The van der Waals surface area contributed by atoms with E-state index in [-0.39, 0.29) is 10.6 Å². The summed E-state index contributed by atoms with van der Waals surface area (Å²) in [4.78, 5) is 0.0754. The summed E-state index contributed by atoms with van der Waals surface area (Å²) in [5.74, 6) is -0.978. The topological polar surface area (TPSA) is 43.4 Å². The van der Waals surface area contributed by atoms with Crippen molar-refractivity contribution in [1.29, 1.82) is 0 Å². The number of aryl methyl sites for hydroxylation is 2. The molecule has 0 amide bonds. The second-order valence-corrected chi connectivity index (χ2v) is 6.65. The van der Waals surface area contributed by atoms with Crippen LogP contribution in [0.2, 0.25) is 0 Å². The third-order valence-corrected chi connectivity index (χ3v) is 4.88. The summed E-state index contributed by atoms with van der Waals surface area (Å²) in [7, 11) is -4.01. The van der Waals surface area contributed by atoms with Crippen LogP contribution in [0.1, 0.15) is 24.0 Å². The average molecular weight is 306 g/mol. The van der Waals surface area contributed by atoms with Gasteiger partial charge < -0.3 is 4.18 Å². The molecule has 0 N–H and O–H groups in total. The van der Waals surface area contributed by atoms with Gasteiger partial charge in [0.15, 0.2) is 11.6 Å². The number of benzene rings is 2. The highest BCUT2D eigenvalue weighted by atomic mass is 32.2. The van der Waals surface area contributed by atoms with Crippen LogP contribution in [-0.4, -0.2) is 8.42 Å². The van der Waals surface area contributed by atoms with E-state index in [1.54, 1.807) is 6.07 Å². The number of rotatable bonds is 3. The van der Waals surface area contributed by atoms with Crippen LogP contribution in [0.4, 0.5) is 4.39 Å². The predicted octanol–water partition coefficient (Wildman–Crippen LogP) is 3.47. The summed E-state index contributed by atoms with van der Waals surface area (Å²) >= 11 is 0. The zero-order valence-corrected chi connectivity index (χ0v) is 12.2. The van der Waals surface area contributed by atoms with Gasteiger partial charge in [-0.3, -0.25) is 0 Å². The molecule has 110 valence electrons. The van der Waals surface area contributed by atoms with E-state index in [9.17, 15) is 12.8 Å². The van der Waals surface area contributed by atoms with Gasteiger partial charge in [0.25, 0.3) is 0 Å². The van der Waals surface area contributed by atoms with Crippen molar-refractivity contribution in [3.63, 3.8) is 0 Å². The van der Waals surface area contributed by atoms with Crippen LogP contribution >= 0.6 is 0 Å². The fourth-order valence-corrected chi connectivity index (χ4v) is 3.53. The van der Waals surface area contributed by atoms with Crippen molar-refractivity contribution >= 4 is 10.1 Å². The smallest absolute Gasteiger partial charge is 0.339 e. The molecule has 0 spiro atoms. The molecule has 0 aliphatic heterocycles. The van der Waals surface area contributed by atoms with Crippen LogP contribution in [0, 0.1) is 5.82 Å². The van der Waals surface area contributed by atoms with Crippen molar-refractivity contribution in [3.05, 3.63) is 59.4 Å². The molecule has 0 saturated heterocycles. The predicted molar refractivity (Wildman–Crippen MR) is 77.3 cm³/mol. The Kier molecular flexibility index (Phi) is 3.68. The highest BCUT2D eigenvalue weighted by molar-refractivity contribution is 7.87. The first-order valence-corrected chi connectivity index (χ1v) is 8.28. The van der Waals surface area contributed by atoms with Gasteiger partial charge in [-0.15, -0.1) is 0 Å². The Labute approximate surface area is 123 Å². The summed E-state index contributed by atoms with van der Waals surface area (Å²) in [5, 5.41) is 0. The van der Waals surface area contributed by atoms with Gasteiger partial charge in [0, 0.05) is 0 Å². The second kappa shape index (κ2) is 5.48. The first kappa shape index (κ1) is 14.1. The lowest BCUT2D eigenvalue weighted by Gasteiger charge is -2.16. The molecule has 0 radical (unpaired) electrons. The molecule has 0 unspecified atom stereocenters. The minimum Gasteiger partial charge on any atom is -0.376 e. The van der Waals surface area contributed by atoms with E-state index in [1.165, 1.54) is 29.8 Å². The maximum Gasteiger partial charge on any atom is 0.339 e. The van der Waals surface area contributed by atoms with Crippen LogP contribution in [0.25, 0.3) is 0 Å². The van der Waals surface area contributed by atoms with Gasteiger partial charge in [-0.1, -0.05) is 18.2 Å². The monoisotopic (exact) mass is 306 g/mol. The minimum atomic E-state index is -4.01. The second-order valence-electron chi connectivity index (χ2n) is 5.11. The van der Waals surface area contributed by atoms with Gasteiger partial charge in [-0.25, -0.2) is 4.39 Å². The van der Waals surface area contributed by atoms with Crippen molar-refractivity contribution < 1.29 is 17.0 Å². The Hall–Kier alpha value is -1.88. The summed E-state index contributed by atoms with van der Waals surface area (Å²) < 4.78 is 42.9. The normalized spacial score (nSPS) is 14.5. The third kappa shape index (κ3) is 2.93. The molecule has 1 aliphatic carbocycles. The summed E-state index contributed by atoms with van der Waals surface area (Å²) in [6, 6.07) is 10.5.